The molecule has 0 saturated carbocycles. The van der Waals surface area contributed by atoms with Gasteiger partial charge in [0, 0.05) is 11.3 Å². The third kappa shape index (κ3) is 3.16. The van der Waals surface area contributed by atoms with Crippen LogP contribution in [0.25, 0.3) is 10.8 Å². The Bertz CT molecular complexity index is 970. The maximum absolute atomic E-state index is 12.2. The van der Waals surface area contributed by atoms with Gasteiger partial charge in [0.2, 0.25) is 0 Å². The summed E-state index contributed by atoms with van der Waals surface area (Å²) >= 11 is 6.02. The van der Waals surface area contributed by atoms with Crippen molar-refractivity contribution in [2.24, 2.45) is 5.73 Å². The van der Waals surface area contributed by atoms with E-state index in [4.69, 9.17) is 33.2 Å². The van der Waals surface area contributed by atoms with E-state index in [0.717, 1.165) is 10.8 Å². The van der Waals surface area contributed by atoms with Gasteiger partial charge < -0.3 is 16.2 Å². The summed E-state index contributed by atoms with van der Waals surface area (Å²) in [6.45, 7) is 0. The summed E-state index contributed by atoms with van der Waals surface area (Å²) in [7, 11) is 0. The van der Waals surface area contributed by atoms with Crippen LogP contribution in [0.3, 0.4) is 0 Å². The number of ether oxygens (including phenoxy) is 1. The molecule has 3 aromatic rings. The van der Waals surface area contributed by atoms with Crippen LogP contribution in [0.5, 0.6) is 5.75 Å². The fourth-order valence-corrected chi connectivity index (χ4v) is 2.58. The van der Waals surface area contributed by atoms with E-state index in [2.05, 4.69) is 0 Å². The van der Waals surface area contributed by atoms with Gasteiger partial charge in [-0.3, -0.25) is 5.41 Å². The number of carbonyl (C=O) groups is 1. The van der Waals surface area contributed by atoms with Gasteiger partial charge in [-0.25, -0.2) is 4.79 Å². The maximum atomic E-state index is 12.2. The number of carbonyl (C=O) groups excluding carboxylic acids is 1. The minimum Gasteiger partial charge on any atom is -0.423 e. The summed E-state index contributed by atoms with van der Waals surface area (Å²) in [5.74, 6) is -0.152. The molecular formula is C18H14ClN3O2. The van der Waals surface area contributed by atoms with Crippen LogP contribution in [-0.2, 0) is 0 Å². The van der Waals surface area contributed by atoms with E-state index in [1.54, 1.807) is 36.4 Å². The number of hydrogen-bond acceptors (Lipinski definition) is 4. The molecular weight excluding hydrogens is 326 g/mol. The standard InChI is InChI=1S/C18H14ClN3O2/c19-16-9-13(20)4-6-15(16)18(23)24-14-5-3-10-7-12(17(21)22)2-1-11(10)8-14/h1-9H,20H2,(H3,21,22). The quantitative estimate of drug-likeness (QED) is 0.223. The molecule has 0 heterocycles. The smallest absolute Gasteiger partial charge is 0.345 e. The second-order valence-electron chi connectivity index (χ2n) is 5.27. The Hall–Kier alpha value is -3.05. The molecule has 6 heteroatoms. The summed E-state index contributed by atoms with van der Waals surface area (Å²) in [6.07, 6.45) is 0. The highest BCUT2D eigenvalue weighted by Gasteiger charge is 2.13. The molecule has 0 aliphatic heterocycles. The summed E-state index contributed by atoms with van der Waals surface area (Å²) in [6, 6.07) is 15.2. The lowest BCUT2D eigenvalue weighted by molar-refractivity contribution is 0.0735. The first-order valence-electron chi connectivity index (χ1n) is 7.09. The Morgan fingerprint density at radius 1 is 1.00 bits per heavy atom. The Morgan fingerprint density at radius 3 is 2.42 bits per heavy atom. The van der Waals surface area contributed by atoms with Crippen molar-refractivity contribution in [1.29, 1.82) is 5.41 Å². The molecule has 0 atom stereocenters. The minimum atomic E-state index is -0.556. The van der Waals surface area contributed by atoms with Gasteiger partial charge in [-0.05, 0) is 47.2 Å². The number of benzene rings is 3. The Morgan fingerprint density at radius 2 is 1.71 bits per heavy atom. The van der Waals surface area contributed by atoms with Crippen molar-refractivity contribution in [2.45, 2.75) is 0 Å². The van der Waals surface area contributed by atoms with Crippen molar-refractivity contribution in [2.75, 3.05) is 5.73 Å². The molecule has 0 saturated heterocycles. The second-order valence-corrected chi connectivity index (χ2v) is 5.67. The molecule has 24 heavy (non-hydrogen) atoms. The number of esters is 1. The Balaban J connectivity index is 1.88. The van der Waals surface area contributed by atoms with Gasteiger partial charge in [0.05, 0.1) is 10.6 Å². The fraction of sp³-hybridized carbons (Fsp3) is 0. The van der Waals surface area contributed by atoms with Gasteiger partial charge in [-0.15, -0.1) is 0 Å². The van der Waals surface area contributed by atoms with Crippen LogP contribution in [0.15, 0.2) is 54.6 Å². The number of nitrogen functional groups attached to an aromatic ring is 2. The SMILES string of the molecule is N=C(N)c1ccc2cc(OC(=O)c3ccc(N)cc3Cl)ccc2c1. The number of anilines is 1. The van der Waals surface area contributed by atoms with E-state index in [-0.39, 0.29) is 16.4 Å². The van der Waals surface area contributed by atoms with Crippen LogP contribution >= 0.6 is 11.6 Å². The summed E-state index contributed by atoms with van der Waals surface area (Å²) in [4.78, 5) is 12.2. The fourth-order valence-electron chi connectivity index (χ4n) is 2.31. The zero-order valence-corrected chi connectivity index (χ0v) is 13.3. The van der Waals surface area contributed by atoms with Crippen LogP contribution in [0, 0.1) is 5.41 Å². The van der Waals surface area contributed by atoms with Crippen molar-refractivity contribution in [3.63, 3.8) is 0 Å². The molecule has 0 aliphatic rings. The van der Waals surface area contributed by atoms with E-state index in [0.29, 0.717) is 17.0 Å². The first-order chi connectivity index (χ1) is 11.4. The van der Waals surface area contributed by atoms with Crippen molar-refractivity contribution in [1.82, 2.24) is 0 Å². The molecule has 5 nitrogen and oxygen atoms in total. The van der Waals surface area contributed by atoms with E-state index in [1.807, 2.05) is 6.07 Å². The van der Waals surface area contributed by atoms with Crippen LogP contribution in [0.4, 0.5) is 5.69 Å². The number of amidine groups is 1. The first-order valence-corrected chi connectivity index (χ1v) is 7.47. The van der Waals surface area contributed by atoms with Gasteiger partial charge in [0.1, 0.15) is 11.6 Å². The third-order valence-corrected chi connectivity index (χ3v) is 3.86. The highest BCUT2D eigenvalue weighted by atomic mass is 35.5. The van der Waals surface area contributed by atoms with Gasteiger partial charge in [-0.2, -0.15) is 0 Å². The summed E-state index contributed by atoms with van der Waals surface area (Å²) in [5.41, 5.74) is 12.5. The lowest BCUT2D eigenvalue weighted by atomic mass is 10.1. The lowest BCUT2D eigenvalue weighted by Gasteiger charge is -2.08. The number of rotatable bonds is 3. The van der Waals surface area contributed by atoms with Crippen molar-refractivity contribution in [3.05, 3.63) is 70.7 Å². The molecule has 0 amide bonds. The molecule has 0 unspecified atom stereocenters. The van der Waals surface area contributed by atoms with Gasteiger partial charge >= 0.3 is 5.97 Å². The first kappa shape index (κ1) is 15.8. The zero-order chi connectivity index (χ0) is 17.3. The molecule has 3 rings (SSSR count). The molecule has 120 valence electrons. The normalized spacial score (nSPS) is 10.5. The average molecular weight is 340 g/mol. The Labute approximate surface area is 143 Å². The largest absolute Gasteiger partial charge is 0.423 e. The molecule has 0 aromatic heterocycles. The Kier molecular flexibility index (Phi) is 4.10. The number of hydrogen-bond donors (Lipinski definition) is 3. The molecule has 0 spiro atoms. The van der Waals surface area contributed by atoms with Crippen molar-refractivity contribution < 1.29 is 9.53 Å². The summed E-state index contributed by atoms with van der Waals surface area (Å²) in [5, 5.41) is 9.47. The van der Waals surface area contributed by atoms with Crippen LogP contribution in [0.2, 0.25) is 5.02 Å². The minimum absolute atomic E-state index is 0.00500. The van der Waals surface area contributed by atoms with Crippen molar-refractivity contribution >= 4 is 39.9 Å². The van der Waals surface area contributed by atoms with Gasteiger partial charge in [0.25, 0.3) is 0 Å². The average Bonchev–Trinajstić information content (AvgIpc) is 2.54. The van der Waals surface area contributed by atoms with Crippen LogP contribution in [-0.4, -0.2) is 11.8 Å². The number of nitrogens with two attached hydrogens (primary N) is 2. The number of halogens is 1. The highest BCUT2D eigenvalue weighted by molar-refractivity contribution is 6.33. The van der Waals surface area contributed by atoms with Gasteiger partial charge in [0.15, 0.2) is 0 Å². The maximum Gasteiger partial charge on any atom is 0.345 e. The van der Waals surface area contributed by atoms with E-state index in [1.165, 1.54) is 12.1 Å². The van der Waals surface area contributed by atoms with Crippen molar-refractivity contribution in [3.8, 4) is 5.75 Å². The predicted molar refractivity (Wildman–Crippen MR) is 95.8 cm³/mol. The third-order valence-electron chi connectivity index (χ3n) is 3.55. The predicted octanol–water partition coefficient (Wildman–Crippen LogP) is 3.58. The zero-order valence-electron chi connectivity index (χ0n) is 12.5. The molecule has 5 N–H and O–H groups in total. The summed E-state index contributed by atoms with van der Waals surface area (Å²) < 4.78 is 5.38. The monoisotopic (exact) mass is 339 g/mol. The second kappa shape index (κ2) is 6.22. The molecule has 0 fully saturated rings. The number of fused-ring (bicyclic) bond motifs is 1. The van der Waals surface area contributed by atoms with Crippen LogP contribution in [0.1, 0.15) is 15.9 Å². The molecule has 0 bridgehead atoms. The van der Waals surface area contributed by atoms with E-state index >= 15 is 0 Å². The molecule has 0 aliphatic carbocycles. The topological polar surface area (TPSA) is 102 Å². The number of nitrogens with one attached hydrogen (secondary N) is 1. The molecule has 3 aromatic carbocycles. The van der Waals surface area contributed by atoms with Gasteiger partial charge in [-0.1, -0.05) is 29.8 Å². The van der Waals surface area contributed by atoms with Crippen LogP contribution < -0.4 is 16.2 Å². The van der Waals surface area contributed by atoms with E-state index < -0.39 is 5.97 Å². The molecule has 0 radical (unpaired) electrons. The van der Waals surface area contributed by atoms with E-state index in [9.17, 15) is 4.79 Å². The lowest BCUT2D eigenvalue weighted by Crippen LogP contribution is -2.10. The highest BCUT2D eigenvalue weighted by Crippen LogP contribution is 2.25.